The highest BCUT2D eigenvalue weighted by atomic mass is 35.5. The first kappa shape index (κ1) is 18.7. The number of hydrogen-bond donors (Lipinski definition) is 0. The fourth-order valence-electron chi connectivity index (χ4n) is 3.04. The molecule has 0 unspecified atom stereocenters. The van der Waals surface area contributed by atoms with E-state index in [1.54, 1.807) is 13.4 Å². The van der Waals surface area contributed by atoms with Gasteiger partial charge >= 0.3 is 0 Å². The van der Waals surface area contributed by atoms with E-state index < -0.39 is 0 Å². The van der Waals surface area contributed by atoms with Crippen molar-refractivity contribution in [3.63, 3.8) is 0 Å². The van der Waals surface area contributed by atoms with Gasteiger partial charge in [-0.25, -0.2) is 9.97 Å². The number of nitrogens with zero attached hydrogens (tertiary/aromatic N) is 2. The lowest BCUT2D eigenvalue weighted by Crippen LogP contribution is -1.97. The molecule has 0 aliphatic heterocycles. The standard InChI is InChI=1S/C25H17ClN2O/c1-29-23-15-13-20(16-21(23)26)24-22(14-12-18-8-4-2-5-9-18)27-17-28-25(24)19-10-6-3-7-11-19/h2-11,13,15-17H,1H3. The van der Waals surface area contributed by atoms with Crippen molar-refractivity contribution >= 4 is 11.6 Å². The van der Waals surface area contributed by atoms with Gasteiger partial charge in [-0.05, 0) is 35.7 Å². The van der Waals surface area contributed by atoms with Crippen LogP contribution in [0.2, 0.25) is 5.02 Å². The Morgan fingerprint density at radius 1 is 0.793 bits per heavy atom. The average molecular weight is 397 g/mol. The van der Waals surface area contributed by atoms with Crippen molar-refractivity contribution in [3.8, 4) is 40.0 Å². The lowest BCUT2D eigenvalue weighted by atomic mass is 9.97. The van der Waals surface area contributed by atoms with E-state index in [2.05, 4.69) is 21.8 Å². The molecule has 3 aromatic carbocycles. The van der Waals surface area contributed by atoms with Crippen LogP contribution in [0.4, 0.5) is 0 Å². The van der Waals surface area contributed by atoms with Crippen molar-refractivity contribution in [2.24, 2.45) is 0 Å². The predicted molar refractivity (Wildman–Crippen MR) is 117 cm³/mol. The van der Waals surface area contributed by atoms with E-state index in [4.69, 9.17) is 16.3 Å². The second kappa shape index (κ2) is 8.60. The van der Waals surface area contributed by atoms with Crippen molar-refractivity contribution in [2.45, 2.75) is 0 Å². The minimum absolute atomic E-state index is 0.523. The smallest absolute Gasteiger partial charge is 0.137 e. The molecule has 3 nitrogen and oxygen atoms in total. The minimum atomic E-state index is 0.523. The number of ether oxygens (including phenoxy) is 1. The van der Waals surface area contributed by atoms with E-state index in [0.29, 0.717) is 16.5 Å². The second-order valence-electron chi connectivity index (χ2n) is 6.28. The number of methoxy groups -OCH3 is 1. The van der Waals surface area contributed by atoms with Gasteiger partial charge in [-0.3, -0.25) is 0 Å². The van der Waals surface area contributed by atoms with Gasteiger partial charge in [0, 0.05) is 16.7 Å². The zero-order valence-corrected chi connectivity index (χ0v) is 16.5. The van der Waals surface area contributed by atoms with Gasteiger partial charge in [0.05, 0.1) is 17.8 Å². The molecule has 0 bridgehead atoms. The number of hydrogen-bond acceptors (Lipinski definition) is 3. The van der Waals surface area contributed by atoms with E-state index in [9.17, 15) is 0 Å². The largest absolute Gasteiger partial charge is 0.495 e. The predicted octanol–water partition coefficient (Wildman–Crippen LogP) is 5.87. The lowest BCUT2D eigenvalue weighted by molar-refractivity contribution is 0.415. The molecule has 4 aromatic rings. The molecule has 0 N–H and O–H groups in total. The summed E-state index contributed by atoms with van der Waals surface area (Å²) in [5, 5.41) is 0.523. The Bertz CT molecular complexity index is 1200. The maximum Gasteiger partial charge on any atom is 0.137 e. The summed E-state index contributed by atoms with van der Waals surface area (Å²) in [7, 11) is 1.60. The van der Waals surface area contributed by atoms with Gasteiger partial charge in [-0.1, -0.05) is 72.1 Å². The molecular formula is C25H17ClN2O. The Morgan fingerprint density at radius 2 is 1.52 bits per heavy atom. The van der Waals surface area contributed by atoms with Crippen LogP contribution in [-0.2, 0) is 0 Å². The molecule has 0 saturated heterocycles. The Morgan fingerprint density at radius 3 is 2.21 bits per heavy atom. The maximum atomic E-state index is 6.40. The van der Waals surface area contributed by atoms with E-state index in [0.717, 1.165) is 27.9 Å². The first-order valence-corrected chi connectivity index (χ1v) is 9.45. The van der Waals surface area contributed by atoms with E-state index in [-0.39, 0.29) is 0 Å². The van der Waals surface area contributed by atoms with Crippen molar-refractivity contribution in [1.29, 1.82) is 0 Å². The Hall–Kier alpha value is -3.61. The Labute approximate surface area is 175 Å². The molecule has 140 valence electrons. The molecule has 0 atom stereocenters. The normalized spacial score (nSPS) is 10.1. The molecule has 1 aromatic heterocycles. The number of benzene rings is 3. The molecule has 0 radical (unpaired) electrons. The summed E-state index contributed by atoms with van der Waals surface area (Å²) in [5.41, 5.74) is 5.08. The Kier molecular flexibility index (Phi) is 5.56. The lowest BCUT2D eigenvalue weighted by Gasteiger charge is -2.12. The molecule has 1 heterocycles. The minimum Gasteiger partial charge on any atom is -0.495 e. The van der Waals surface area contributed by atoms with Crippen LogP contribution in [0.25, 0.3) is 22.4 Å². The van der Waals surface area contributed by atoms with Gasteiger partial charge in [-0.2, -0.15) is 0 Å². The molecule has 0 amide bonds. The van der Waals surface area contributed by atoms with Crippen molar-refractivity contribution < 1.29 is 4.74 Å². The quantitative estimate of drug-likeness (QED) is 0.406. The monoisotopic (exact) mass is 396 g/mol. The highest BCUT2D eigenvalue weighted by Crippen LogP contribution is 2.36. The summed E-state index contributed by atoms with van der Waals surface area (Å²) >= 11 is 6.40. The zero-order valence-electron chi connectivity index (χ0n) is 15.8. The Balaban J connectivity index is 1.92. The molecular weight excluding hydrogens is 380 g/mol. The summed E-state index contributed by atoms with van der Waals surface area (Å²) in [6.07, 6.45) is 1.55. The van der Waals surface area contributed by atoms with Gasteiger partial charge in [0.15, 0.2) is 0 Å². The van der Waals surface area contributed by atoms with Gasteiger partial charge in [0.1, 0.15) is 17.8 Å². The third-order valence-corrected chi connectivity index (χ3v) is 4.73. The summed E-state index contributed by atoms with van der Waals surface area (Å²) in [6.45, 7) is 0. The molecule has 0 spiro atoms. The van der Waals surface area contributed by atoms with Crippen LogP contribution in [0.15, 0.2) is 85.2 Å². The first-order valence-electron chi connectivity index (χ1n) is 9.07. The summed E-state index contributed by atoms with van der Waals surface area (Å²) in [4.78, 5) is 9.03. The van der Waals surface area contributed by atoms with Crippen LogP contribution in [-0.4, -0.2) is 17.1 Å². The van der Waals surface area contributed by atoms with Crippen LogP contribution >= 0.6 is 11.6 Å². The van der Waals surface area contributed by atoms with E-state index in [1.165, 1.54) is 0 Å². The summed E-state index contributed by atoms with van der Waals surface area (Å²) < 4.78 is 5.30. The van der Waals surface area contributed by atoms with E-state index >= 15 is 0 Å². The molecule has 0 fully saturated rings. The van der Waals surface area contributed by atoms with Crippen LogP contribution in [0, 0.1) is 11.8 Å². The molecule has 0 saturated carbocycles. The molecule has 0 aliphatic rings. The van der Waals surface area contributed by atoms with Gasteiger partial charge in [-0.15, -0.1) is 0 Å². The van der Waals surface area contributed by atoms with Crippen molar-refractivity contribution in [1.82, 2.24) is 9.97 Å². The average Bonchev–Trinajstić information content (AvgIpc) is 2.78. The summed E-state index contributed by atoms with van der Waals surface area (Å²) in [5.74, 6) is 7.02. The van der Waals surface area contributed by atoms with Crippen LogP contribution < -0.4 is 4.74 Å². The fourth-order valence-corrected chi connectivity index (χ4v) is 3.30. The second-order valence-corrected chi connectivity index (χ2v) is 6.68. The van der Waals surface area contributed by atoms with Gasteiger partial charge < -0.3 is 4.74 Å². The van der Waals surface area contributed by atoms with Crippen LogP contribution in [0.1, 0.15) is 11.3 Å². The highest BCUT2D eigenvalue weighted by molar-refractivity contribution is 6.32. The van der Waals surface area contributed by atoms with Crippen LogP contribution in [0.3, 0.4) is 0 Å². The molecule has 4 heteroatoms. The topological polar surface area (TPSA) is 35.0 Å². The third-order valence-electron chi connectivity index (χ3n) is 4.43. The van der Waals surface area contributed by atoms with Crippen molar-refractivity contribution in [3.05, 3.63) is 101 Å². The zero-order chi connectivity index (χ0) is 20.1. The van der Waals surface area contributed by atoms with Crippen molar-refractivity contribution in [2.75, 3.05) is 7.11 Å². The highest BCUT2D eigenvalue weighted by Gasteiger charge is 2.15. The van der Waals surface area contributed by atoms with Gasteiger partial charge in [0.2, 0.25) is 0 Å². The number of rotatable bonds is 3. The number of aromatic nitrogens is 2. The maximum absolute atomic E-state index is 6.40. The SMILES string of the molecule is COc1ccc(-c2c(C#Cc3ccccc3)ncnc2-c2ccccc2)cc1Cl. The first-order chi connectivity index (χ1) is 14.3. The van der Waals surface area contributed by atoms with Crippen LogP contribution in [0.5, 0.6) is 5.75 Å². The molecule has 29 heavy (non-hydrogen) atoms. The summed E-state index contributed by atoms with van der Waals surface area (Å²) in [6, 6.07) is 25.5. The number of halogens is 1. The molecule has 0 aliphatic carbocycles. The fraction of sp³-hybridized carbons (Fsp3) is 0.0400. The molecule has 4 rings (SSSR count). The van der Waals surface area contributed by atoms with Gasteiger partial charge in [0.25, 0.3) is 0 Å². The third kappa shape index (κ3) is 4.13. The van der Waals surface area contributed by atoms with E-state index in [1.807, 2.05) is 78.9 Å².